The van der Waals surface area contributed by atoms with Gasteiger partial charge in [0.2, 0.25) is 0 Å². The molecule has 0 fully saturated rings. The van der Waals surface area contributed by atoms with E-state index in [-0.39, 0.29) is 5.82 Å². The van der Waals surface area contributed by atoms with Gasteiger partial charge in [0.15, 0.2) is 11.5 Å². The lowest BCUT2D eigenvalue weighted by Gasteiger charge is -2.09. The molecule has 3 rings (SSSR count). The summed E-state index contributed by atoms with van der Waals surface area (Å²) in [7, 11) is 0. The van der Waals surface area contributed by atoms with Crippen LogP contribution in [0.5, 0.6) is 11.5 Å². The molecule has 2 N–H and O–H groups in total. The topological polar surface area (TPSA) is 44.5 Å². The van der Waals surface area contributed by atoms with Gasteiger partial charge in [-0.2, -0.15) is 0 Å². The molecular weight excluding hydrogens is 221 g/mol. The third-order valence-electron chi connectivity index (χ3n) is 2.58. The summed E-state index contributed by atoms with van der Waals surface area (Å²) in [5.74, 6) is 0.973. The number of hydrogen-bond donors (Lipinski definition) is 1. The van der Waals surface area contributed by atoms with Crippen LogP contribution in [-0.2, 0) is 0 Å². The molecule has 4 heteroatoms. The Balaban J connectivity index is 1.88. The van der Waals surface area contributed by atoms with Gasteiger partial charge in [-0.1, -0.05) is 0 Å². The Morgan fingerprint density at radius 1 is 0.941 bits per heavy atom. The average molecular weight is 231 g/mol. The summed E-state index contributed by atoms with van der Waals surface area (Å²) in [4.78, 5) is 0. The molecule has 1 aliphatic heterocycles. The predicted molar refractivity (Wildman–Crippen MR) is 61.3 cm³/mol. The zero-order valence-corrected chi connectivity index (χ0v) is 8.89. The first kappa shape index (κ1) is 9.96. The van der Waals surface area contributed by atoms with Crippen LogP contribution in [0.15, 0.2) is 42.5 Å². The molecule has 1 atom stereocenters. The lowest BCUT2D eigenvalue weighted by Crippen LogP contribution is -2.07. The number of nitrogen functional groups attached to an aromatic ring is 1. The maximum absolute atomic E-state index is 12.8. The van der Waals surface area contributed by atoms with E-state index in [0.717, 1.165) is 5.56 Å². The summed E-state index contributed by atoms with van der Waals surface area (Å²) in [6, 6.07) is 11.2. The van der Waals surface area contributed by atoms with Crippen LogP contribution < -0.4 is 15.2 Å². The monoisotopic (exact) mass is 231 g/mol. The fourth-order valence-electron chi connectivity index (χ4n) is 1.72. The Bertz CT molecular complexity index is 554. The van der Waals surface area contributed by atoms with Gasteiger partial charge in [0.1, 0.15) is 5.82 Å². The number of benzene rings is 2. The molecule has 0 aliphatic carbocycles. The Kier molecular flexibility index (Phi) is 2.14. The fourth-order valence-corrected chi connectivity index (χ4v) is 1.72. The molecule has 1 aliphatic rings. The van der Waals surface area contributed by atoms with Crippen LogP contribution in [-0.4, -0.2) is 0 Å². The van der Waals surface area contributed by atoms with Crippen molar-refractivity contribution in [1.29, 1.82) is 0 Å². The maximum atomic E-state index is 12.8. The van der Waals surface area contributed by atoms with Gasteiger partial charge >= 0.3 is 0 Å². The number of nitrogens with two attached hydrogens (primary N) is 1. The molecular formula is C13H10FNO2. The van der Waals surface area contributed by atoms with Crippen molar-refractivity contribution in [2.75, 3.05) is 5.73 Å². The minimum Gasteiger partial charge on any atom is -0.447 e. The minimum absolute atomic E-state index is 0.284. The third kappa shape index (κ3) is 1.78. The number of anilines is 1. The van der Waals surface area contributed by atoms with Gasteiger partial charge in [-0.15, -0.1) is 0 Å². The van der Waals surface area contributed by atoms with Crippen LogP contribution in [0.25, 0.3) is 0 Å². The molecule has 3 nitrogen and oxygen atoms in total. The lowest BCUT2D eigenvalue weighted by molar-refractivity contribution is 0.0487. The number of ether oxygens (including phenoxy) is 2. The van der Waals surface area contributed by atoms with Crippen molar-refractivity contribution in [3.63, 3.8) is 0 Å². The van der Waals surface area contributed by atoms with Crippen LogP contribution in [0.1, 0.15) is 11.9 Å². The Morgan fingerprint density at radius 3 is 2.41 bits per heavy atom. The van der Waals surface area contributed by atoms with Gasteiger partial charge in [0.25, 0.3) is 6.29 Å². The SMILES string of the molecule is Nc1ccc2c(c1)OC(c1ccc(F)cc1)O2. The highest BCUT2D eigenvalue weighted by Crippen LogP contribution is 2.41. The van der Waals surface area contributed by atoms with Crippen molar-refractivity contribution in [3.8, 4) is 11.5 Å². The summed E-state index contributed by atoms with van der Waals surface area (Å²) in [6.45, 7) is 0. The molecule has 0 radical (unpaired) electrons. The second-order valence-corrected chi connectivity index (χ2v) is 3.83. The van der Waals surface area contributed by atoms with Crippen LogP contribution in [0.3, 0.4) is 0 Å². The summed E-state index contributed by atoms with van der Waals surface area (Å²) >= 11 is 0. The lowest BCUT2D eigenvalue weighted by atomic mass is 10.2. The van der Waals surface area contributed by atoms with E-state index in [4.69, 9.17) is 15.2 Å². The fraction of sp³-hybridized carbons (Fsp3) is 0.0769. The van der Waals surface area contributed by atoms with Gasteiger partial charge in [-0.3, -0.25) is 0 Å². The van der Waals surface area contributed by atoms with Crippen molar-refractivity contribution >= 4 is 5.69 Å². The number of fused-ring (bicyclic) bond motifs is 1. The van der Waals surface area contributed by atoms with Gasteiger partial charge in [-0.25, -0.2) is 4.39 Å². The largest absolute Gasteiger partial charge is 0.447 e. The highest BCUT2D eigenvalue weighted by Gasteiger charge is 2.25. The summed E-state index contributed by atoms with van der Waals surface area (Å²) in [5, 5.41) is 0. The molecule has 0 amide bonds. The predicted octanol–water partition coefficient (Wildman–Crippen LogP) is 2.88. The van der Waals surface area contributed by atoms with E-state index in [1.54, 1.807) is 30.3 Å². The molecule has 0 saturated carbocycles. The molecule has 0 aromatic heterocycles. The van der Waals surface area contributed by atoms with Crippen molar-refractivity contribution in [3.05, 3.63) is 53.8 Å². The van der Waals surface area contributed by atoms with Crippen molar-refractivity contribution < 1.29 is 13.9 Å². The van der Waals surface area contributed by atoms with E-state index in [0.29, 0.717) is 17.2 Å². The second kappa shape index (κ2) is 3.66. The molecule has 1 heterocycles. The van der Waals surface area contributed by atoms with Crippen LogP contribution in [0.4, 0.5) is 10.1 Å². The molecule has 86 valence electrons. The van der Waals surface area contributed by atoms with Gasteiger partial charge in [-0.05, 0) is 36.4 Å². The smallest absolute Gasteiger partial charge is 0.267 e. The van der Waals surface area contributed by atoms with Crippen molar-refractivity contribution in [2.24, 2.45) is 0 Å². The first-order valence-electron chi connectivity index (χ1n) is 5.21. The summed E-state index contributed by atoms with van der Waals surface area (Å²) < 4.78 is 24.0. The Morgan fingerprint density at radius 2 is 1.65 bits per heavy atom. The van der Waals surface area contributed by atoms with Crippen LogP contribution in [0, 0.1) is 5.82 Å². The zero-order chi connectivity index (χ0) is 11.8. The highest BCUT2D eigenvalue weighted by molar-refractivity contribution is 5.53. The first-order chi connectivity index (χ1) is 8.22. The normalized spacial score (nSPS) is 17.1. The Labute approximate surface area is 97.6 Å². The third-order valence-corrected chi connectivity index (χ3v) is 2.58. The second-order valence-electron chi connectivity index (χ2n) is 3.83. The zero-order valence-electron chi connectivity index (χ0n) is 8.89. The minimum atomic E-state index is -0.535. The van der Waals surface area contributed by atoms with E-state index in [9.17, 15) is 4.39 Å². The van der Waals surface area contributed by atoms with Gasteiger partial charge < -0.3 is 15.2 Å². The number of hydrogen-bond acceptors (Lipinski definition) is 3. The van der Waals surface area contributed by atoms with E-state index in [2.05, 4.69) is 0 Å². The first-order valence-corrected chi connectivity index (χ1v) is 5.21. The van der Waals surface area contributed by atoms with E-state index in [1.165, 1.54) is 12.1 Å². The van der Waals surface area contributed by atoms with Crippen molar-refractivity contribution in [2.45, 2.75) is 6.29 Å². The van der Waals surface area contributed by atoms with E-state index in [1.807, 2.05) is 0 Å². The quantitative estimate of drug-likeness (QED) is 0.767. The standard InChI is InChI=1S/C13H10FNO2/c14-9-3-1-8(2-4-9)13-16-11-6-5-10(15)7-12(11)17-13/h1-7,13H,15H2. The molecule has 1 unspecified atom stereocenters. The maximum Gasteiger partial charge on any atom is 0.267 e. The summed E-state index contributed by atoms with van der Waals surface area (Å²) in [5.41, 5.74) is 7.03. The molecule has 0 spiro atoms. The molecule has 2 aromatic carbocycles. The summed E-state index contributed by atoms with van der Waals surface area (Å²) in [6.07, 6.45) is -0.535. The molecule has 2 aromatic rings. The number of halogens is 1. The van der Waals surface area contributed by atoms with E-state index >= 15 is 0 Å². The molecule has 0 saturated heterocycles. The molecule has 17 heavy (non-hydrogen) atoms. The van der Waals surface area contributed by atoms with Gasteiger partial charge in [0.05, 0.1) is 0 Å². The van der Waals surface area contributed by atoms with Crippen molar-refractivity contribution in [1.82, 2.24) is 0 Å². The average Bonchev–Trinajstić information content (AvgIpc) is 2.72. The van der Waals surface area contributed by atoms with Crippen LogP contribution in [0.2, 0.25) is 0 Å². The van der Waals surface area contributed by atoms with Gasteiger partial charge in [0, 0.05) is 17.3 Å². The highest BCUT2D eigenvalue weighted by atomic mass is 19.1. The van der Waals surface area contributed by atoms with Crippen LogP contribution >= 0.6 is 0 Å². The molecule has 0 bridgehead atoms. The number of rotatable bonds is 1. The van der Waals surface area contributed by atoms with E-state index < -0.39 is 6.29 Å². The Hall–Kier alpha value is -2.23.